The summed E-state index contributed by atoms with van der Waals surface area (Å²) in [6, 6.07) is 6.66. The van der Waals surface area contributed by atoms with Crippen molar-refractivity contribution in [1.82, 2.24) is 16.0 Å². The Morgan fingerprint density at radius 2 is 2.10 bits per heavy atom. The molecule has 168 valence electrons. The molecule has 30 heavy (non-hydrogen) atoms. The Balaban J connectivity index is 0.00000320. The third-order valence-corrected chi connectivity index (χ3v) is 4.97. The Kier molecular flexibility index (Phi) is 10.7. The lowest BCUT2D eigenvalue weighted by Gasteiger charge is -2.16. The van der Waals surface area contributed by atoms with Crippen molar-refractivity contribution >= 4 is 35.8 Å². The molecule has 1 amide bonds. The van der Waals surface area contributed by atoms with Crippen molar-refractivity contribution in [2.45, 2.75) is 64.6 Å². The Labute approximate surface area is 196 Å². The predicted octanol–water partition coefficient (Wildman–Crippen LogP) is 2.89. The van der Waals surface area contributed by atoms with Gasteiger partial charge in [0.05, 0.1) is 19.8 Å². The molecular formula is C22H35IN4O3. The summed E-state index contributed by atoms with van der Waals surface area (Å²) in [5.41, 5.74) is 2.23. The number of carbonyl (C=O) groups is 1. The first-order valence-electron chi connectivity index (χ1n) is 10.8. The molecule has 1 unspecified atom stereocenters. The van der Waals surface area contributed by atoms with Crippen LogP contribution in [-0.4, -0.2) is 50.3 Å². The van der Waals surface area contributed by atoms with Crippen LogP contribution in [0, 0.1) is 6.92 Å². The van der Waals surface area contributed by atoms with Crippen molar-refractivity contribution < 1.29 is 14.3 Å². The fraction of sp³-hybridized carbons (Fsp3) is 0.636. The zero-order chi connectivity index (χ0) is 20.5. The maximum Gasteiger partial charge on any atom is 0.220 e. The first kappa shape index (κ1) is 24.7. The maximum absolute atomic E-state index is 11.8. The maximum atomic E-state index is 11.8. The number of amides is 1. The van der Waals surface area contributed by atoms with Gasteiger partial charge in [0, 0.05) is 37.5 Å². The zero-order valence-electron chi connectivity index (χ0n) is 18.0. The van der Waals surface area contributed by atoms with E-state index < -0.39 is 0 Å². The lowest BCUT2D eigenvalue weighted by atomic mass is 10.1. The number of rotatable bonds is 10. The van der Waals surface area contributed by atoms with E-state index in [1.54, 1.807) is 0 Å². The molecular weight excluding hydrogens is 495 g/mol. The average Bonchev–Trinajstić information content (AvgIpc) is 3.36. The third kappa shape index (κ3) is 8.67. The molecule has 0 aromatic heterocycles. The van der Waals surface area contributed by atoms with Gasteiger partial charge in [-0.15, -0.1) is 24.0 Å². The molecule has 2 fully saturated rings. The van der Waals surface area contributed by atoms with Gasteiger partial charge in [0.15, 0.2) is 5.96 Å². The molecule has 1 saturated heterocycles. The number of carbonyl (C=O) groups excluding carboxylic acids is 1. The van der Waals surface area contributed by atoms with Crippen LogP contribution >= 0.6 is 24.0 Å². The molecule has 8 heteroatoms. The molecule has 1 aliphatic heterocycles. The molecule has 3 rings (SSSR count). The molecule has 1 heterocycles. The van der Waals surface area contributed by atoms with E-state index in [9.17, 15) is 4.79 Å². The van der Waals surface area contributed by atoms with Crippen LogP contribution in [0.2, 0.25) is 0 Å². The van der Waals surface area contributed by atoms with Gasteiger partial charge in [-0.2, -0.15) is 0 Å². The normalized spacial score (nSPS) is 18.5. The van der Waals surface area contributed by atoms with Crippen LogP contribution in [-0.2, 0) is 16.1 Å². The highest BCUT2D eigenvalue weighted by Crippen LogP contribution is 2.24. The van der Waals surface area contributed by atoms with Crippen LogP contribution in [0.15, 0.2) is 23.2 Å². The van der Waals surface area contributed by atoms with Gasteiger partial charge < -0.3 is 25.4 Å². The molecule has 1 aromatic rings. The number of hydrogen-bond acceptors (Lipinski definition) is 4. The highest BCUT2D eigenvalue weighted by molar-refractivity contribution is 14.0. The number of halogens is 1. The monoisotopic (exact) mass is 530 g/mol. The van der Waals surface area contributed by atoms with Crippen molar-refractivity contribution in [3.63, 3.8) is 0 Å². The summed E-state index contributed by atoms with van der Waals surface area (Å²) in [4.78, 5) is 16.5. The van der Waals surface area contributed by atoms with Gasteiger partial charge in [-0.25, -0.2) is 4.99 Å². The summed E-state index contributed by atoms with van der Waals surface area (Å²) in [5, 5.41) is 9.60. The first-order valence-corrected chi connectivity index (χ1v) is 10.8. The molecule has 0 spiro atoms. The first-order chi connectivity index (χ1) is 14.1. The molecule has 0 radical (unpaired) electrons. The molecule has 7 nitrogen and oxygen atoms in total. The van der Waals surface area contributed by atoms with Gasteiger partial charge in [-0.3, -0.25) is 4.79 Å². The zero-order valence-corrected chi connectivity index (χ0v) is 20.4. The van der Waals surface area contributed by atoms with E-state index in [1.165, 1.54) is 5.56 Å². The summed E-state index contributed by atoms with van der Waals surface area (Å²) in [6.07, 6.45) is 4.62. The fourth-order valence-electron chi connectivity index (χ4n) is 3.18. The number of hydrogen-bond donors (Lipinski definition) is 3. The van der Waals surface area contributed by atoms with Crippen LogP contribution in [0.1, 0.15) is 50.2 Å². The van der Waals surface area contributed by atoms with E-state index in [2.05, 4.69) is 41.1 Å². The molecule has 1 aromatic carbocycles. The largest absolute Gasteiger partial charge is 0.488 e. The van der Waals surface area contributed by atoms with Gasteiger partial charge in [0.25, 0.3) is 0 Å². The molecule has 0 bridgehead atoms. The van der Waals surface area contributed by atoms with Crippen LogP contribution in [0.3, 0.4) is 0 Å². The Hall–Kier alpha value is -1.55. The summed E-state index contributed by atoms with van der Waals surface area (Å²) < 4.78 is 11.6. The second-order valence-corrected chi connectivity index (χ2v) is 7.78. The summed E-state index contributed by atoms with van der Waals surface area (Å²) in [7, 11) is 0. The van der Waals surface area contributed by atoms with Crippen molar-refractivity contribution in [3.8, 4) is 5.75 Å². The predicted molar refractivity (Wildman–Crippen MR) is 130 cm³/mol. The van der Waals surface area contributed by atoms with Crippen LogP contribution in [0.4, 0.5) is 0 Å². The second kappa shape index (κ2) is 13.0. The third-order valence-electron chi connectivity index (χ3n) is 4.97. The number of aryl methyl sites for hydroxylation is 1. The topological polar surface area (TPSA) is 84.0 Å². The molecule has 1 atom stereocenters. The van der Waals surface area contributed by atoms with Crippen molar-refractivity contribution in [3.05, 3.63) is 29.3 Å². The lowest BCUT2D eigenvalue weighted by Crippen LogP contribution is -2.38. The number of nitrogens with zero attached hydrogens (tertiary/aromatic N) is 1. The van der Waals surface area contributed by atoms with Crippen molar-refractivity contribution in [2.24, 2.45) is 4.99 Å². The standard InChI is InChI=1S/C22H34N4O3.HI/c1-3-23-22(24-11-4-5-21(27)26-18-8-9-18)25-14-17-7-6-16(2)13-20(17)29-19-10-12-28-15-19;/h6-7,13,18-19H,3-5,8-12,14-15H2,1-2H3,(H,26,27)(H2,23,24,25);1H. The van der Waals surface area contributed by atoms with Crippen LogP contribution in [0.25, 0.3) is 0 Å². The number of benzene rings is 1. The van der Waals surface area contributed by atoms with E-state index in [0.717, 1.165) is 56.1 Å². The van der Waals surface area contributed by atoms with E-state index in [1.807, 2.05) is 6.92 Å². The van der Waals surface area contributed by atoms with Gasteiger partial charge in [-0.1, -0.05) is 12.1 Å². The molecule has 3 N–H and O–H groups in total. The number of aliphatic imine (C=N–C) groups is 1. The quantitative estimate of drug-likeness (QED) is 0.188. The minimum absolute atomic E-state index is 0. The minimum atomic E-state index is 0. The Morgan fingerprint density at radius 3 is 2.80 bits per heavy atom. The van der Waals surface area contributed by atoms with E-state index in [0.29, 0.717) is 32.2 Å². The lowest BCUT2D eigenvalue weighted by molar-refractivity contribution is -0.121. The summed E-state index contributed by atoms with van der Waals surface area (Å²) in [6.45, 7) is 7.54. The Morgan fingerprint density at radius 1 is 1.27 bits per heavy atom. The van der Waals surface area contributed by atoms with E-state index in [-0.39, 0.29) is 36.0 Å². The summed E-state index contributed by atoms with van der Waals surface area (Å²) in [5.74, 6) is 1.79. The molecule has 2 aliphatic rings. The number of nitrogens with one attached hydrogen (secondary N) is 3. The molecule has 1 saturated carbocycles. The van der Waals surface area contributed by atoms with E-state index in [4.69, 9.17) is 14.5 Å². The van der Waals surface area contributed by atoms with Gasteiger partial charge in [0.1, 0.15) is 11.9 Å². The number of ether oxygens (including phenoxy) is 2. The van der Waals surface area contributed by atoms with Gasteiger partial charge in [-0.05, 0) is 44.7 Å². The minimum Gasteiger partial charge on any atom is -0.488 e. The average molecular weight is 530 g/mol. The van der Waals surface area contributed by atoms with Crippen molar-refractivity contribution in [1.29, 1.82) is 0 Å². The molecule has 1 aliphatic carbocycles. The van der Waals surface area contributed by atoms with E-state index >= 15 is 0 Å². The van der Waals surface area contributed by atoms with Crippen LogP contribution in [0.5, 0.6) is 5.75 Å². The smallest absolute Gasteiger partial charge is 0.220 e. The van der Waals surface area contributed by atoms with Crippen LogP contribution < -0.4 is 20.7 Å². The highest BCUT2D eigenvalue weighted by Gasteiger charge is 2.22. The highest BCUT2D eigenvalue weighted by atomic mass is 127. The SMILES string of the molecule is CCNC(=NCc1ccc(C)cc1OC1CCOC1)NCCCC(=O)NC1CC1.I. The van der Waals surface area contributed by atoms with Gasteiger partial charge >= 0.3 is 0 Å². The van der Waals surface area contributed by atoms with Crippen molar-refractivity contribution in [2.75, 3.05) is 26.3 Å². The summed E-state index contributed by atoms with van der Waals surface area (Å²) >= 11 is 0. The second-order valence-electron chi connectivity index (χ2n) is 7.78. The fourth-order valence-corrected chi connectivity index (χ4v) is 3.18. The number of guanidine groups is 1. The van der Waals surface area contributed by atoms with Gasteiger partial charge in [0.2, 0.25) is 5.91 Å². The Bertz CT molecular complexity index is 704.